The Labute approximate surface area is 148 Å². The zero-order valence-electron chi connectivity index (χ0n) is 14.4. The molecule has 0 bridgehead atoms. The summed E-state index contributed by atoms with van der Waals surface area (Å²) in [5.74, 6) is 1.51. The number of amides is 1. The van der Waals surface area contributed by atoms with E-state index < -0.39 is 0 Å². The van der Waals surface area contributed by atoms with E-state index in [9.17, 15) is 9.59 Å². The summed E-state index contributed by atoms with van der Waals surface area (Å²) in [5.41, 5.74) is 0.716. The molecule has 2 aromatic rings. The lowest BCUT2D eigenvalue weighted by Gasteiger charge is -2.30. The first-order valence-corrected chi connectivity index (χ1v) is 8.75. The van der Waals surface area contributed by atoms with Crippen LogP contribution in [-0.4, -0.2) is 12.2 Å². The Morgan fingerprint density at radius 3 is 2.40 bits per heavy atom. The van der Waals surface area contributed by atoms with E-state index in [1.165, 1.54) is 0 Å². The number of nitrogens with one attached hydrogen (secondary N) is 1. The first-order chi connectivity index (χ1) is 12.2. The molecule has 1 aliphatic carbocycles. The fourth-order valence-corrected chi connectivity index (χ4v) is 3.37. The van der Waals surface area contributed by atoms with E-state index in [1.54, 1.807) is 0 Å². The van der Waals surface area contributed by atoms with Crippen molar-refractivity contribution in [2.45, 2.75) is 26.2 Å². The number of ether oxygens (including phenoxy) is 1. The maximum Gasteiger partial charge on any atom is 0.228 e. The van der Waals surface area contributed by atoms with Gasteiger partial charge in [0.15, 0.2) is 0 Å². The summed E-state index contributed by atoms with van der Waals surface area (Å²) in [4.78, 5) is 23.8. The van der Waals surface area contributed by atoms with Crippen LogP contribution in [0.15, 0.2) is 54.6 Å². The second-order valence-corrected chi connectivity index (χ2v) is 6.75. The molecule has 130 valence electrons. The van der Waals surface area contributed by atoms with Gasteiger partial charge in [0.1, 0.15) is 17.8 Å². The van der Waals surface area contributed by atoms with Crippen LogP contribution in [0.25, 0.3) is 0 Å². The number of anilines is 1. The van der Waals surface area contributed by atoms with Gasteiger partial charge >= 0.3 is 0 Å². The van der Waals surface area contributed by atoms with Crippen molar-refractivity contribution in [1.82, 2.24) is 0 Å². The van der Waals surface area contributed by atoms with E-state index >= 15 is 0 Å². The number of hydrogen-bond acceptors (Lipinski definition) is 3. The number of rotatable bonds is 5. The van der Waals surface area contributed by atoms with Gasteiger partial charge in [-0.15, -0.1) is 0 Å². The van der Waals surface area contributed by atoms with Crippen LogP contribution in [0, 0.1) is 17.8 Å². The summed E-state index contributed by atoms with van der Waals surface area (Å²) in [5, 5.41) is 2.93. The van der Waals surface area contributed by atoms with Crippen molar-refractivity contribution in [3.63, 3.8) is 0 Å². The standard InChI is InChI=1S/C21H23NO3/c1-15-7-12-20(16(13-15)14-23)21(24)22-17-8-10-19(11-9-17)25-18-5-3-2-4-6-18/h2-6,8-11,14-16,20H,7,12-13H2,1H3,(H,22,24). The van der Waals surface area contributed by atoms with Crippen molar-refractivity contribution < 1.29 is 14.3 Å². The van der Waals surface area contributed by atoms with Gasteiger partial charge < -0.3 is 14.8 Å². The summed E-state index contributed by atoms with van der Waals surface area (Å²) >= 11 is 0. The number of hydrogen-bond donors (Lipinski definition) is 1. The zero-order chi connectivity index (χ0) is 17.6. The molecule has 0 aromatic heterocycles. The summed E-state index contributed by atoms with van der Waals surface area (Å²) < 4.78 is 5.74. The van der Waals surface area contributed by atoms with E-state index in [2.05, 4.69) is 12.2 Å². The quantitative estimate of drug-likeness (QED) is 0.807. The topological polar surface area (TPSA) is 55.4 Å². The lowest BCUT2D eigenvalue weighted by Crippen LogP contribution is -2.34. The molecule has 0 heterocycles. The molecule has 3 rings (SSSR count). The summed E-state index contributed by atoms with van der Waals surface area (Å²) in [7, 11) is 0. The monoisotopic (exact) mass is 337 g/mol. The molecule has 1 aliphatic rings. The highest BCUT2D eigenvalue weighted by molar-refractivity contribution is 5.94. The maximum absolute atomic E-state index is 12.5. The van der Waals surface area contributed by atoms with Gasteiger partial charge in [-0.1, -0.05) is 25.1 Å². The molecule has 4 nitrogen and oxygen atoms in total. The van der Waals surface area contributed by atoms with Crippen molar-refractivity contribution in [1.29, 1.82) is 0 Å². The average molecular weight is 337 g/mol. The van der Waals surface area contributed by atoms with Crippen molar-refractivity contribution in [3.8, 4) is 11.5 Å². The molecule has 1 saturated carbocycles. The number of benzene rings is 2. The molecule has 4 heteroatoms. The highest BCUT2D eigenvalue weighted by Crippen LogP contribution is 2.33. The second kappa shape index (κ2) is 7.97. The van der Waals surface area contributed by atoms with Crippen LogP contribution >= 0.6 is 0 Å². The Morgan fingerprint density at radius 2 is 1.72 bits per heavy atom. The average Bonchev–Trinajstić information content (AvgIpc) is 2.64. The Morgan fingerprint density at radius 1 is 1.04 bits per heavy atom. The van der Waals surface area contributed by atoms with E-state index in [0.29, 0.717) is 17.4 Å². The van der Waals surface area contributed by atoms with E-state index in [0.717, 1.165) is 31.3 Å². The molecule has 1 N–H and O–H groups in total. The maximum atomic E-state index is 12.5. The van der Waals surface area contributed by atoms with E-state index in [-0.39, 0.29) is 17.7 Å². The van der Waals surface area contributed by atoms with Gasteiger partial charge in [-0.25, -0.2) is 0 Å². The minimum absolute atomic E-state index is 0.0688. The van der Waals surface area contributed by atoms with Gasteiger partial charge in [-0.05, 0) is 61.6 Å². The third-order valence-corrected chi connectivity index (χ3v) is 4.77. The highest BCUT2D eigenvalue weighted by Gasteiger charge is 2.33. The van der Waals surface area contributed by atoms with Gasteiger partial charge in [0.25, 0.3) is 0 Å². The SMILES string of the molecule is CC1CCC(C(=O)Nc2ccc(Oc3ccccc3)cc2)C(C=O)C1. The van der Waals surface area contributed by atoms with Gasteiger partial charge in [0.2, 0.25) is 5.91 Å². The minimum Gasteiger partial charge on any atom is -0.457 e. The molecule has 2 aromatic carbocycles. The largest absolute Gasteiger partial charge is 0.457 e. The molecule has 0 saturated heterocycles. The zero-order valence-corrected chi connectivity index (χ0v) is 14.4. The number of para-hydroxylation sites is 1. The van der Waals surface area contributed by atoms with E-state index in [1.807, 2.05) is 54.6 Å². The van der Waals surface area contributed by atoms with E-state index in [4.69, 9.17) is 4.74 Å². The Hall–Kier alpha value is -2.62. The molecule has 0 spiro atoms. The number of carbonyl (C=O) groups excluding carboxylic acids is 2. The van der Waals surface area contributed by atoms with Crippen LogP contribution in [0.5, 0.6) is 11.5 Å². The molecular weight excluding hydrogens is 314 g/mol. The van der Waals surface area contributed by atoms with Crippen molar-refractivity contribution in [2.75, 3.05) is 5.32 Å². The fourth-order valence-electron chi connectivity index (χ4n) is 3.37. The Bertz CT molecular complexity index is 712. The van der Waals surface area contributed by atoms with Crippen LogP contribution < -0.4 is 10.1 Å². The molecular formula is C21H23NO3. The predicted octanol–water partition coefficient (Wildman–Crippen LogP) is 4.67. The lowest BCUT2D eigenvalue weighted by molar-refractivity contribution is -0.127. The smallest absolute Gasteiger partial charge is 0.228 e. The molecule has 1 amide bonds. The molecule has 0 radical (unpaired) electrons. The van der Waals surface area contributed by atoms with Crippen LogP contribution in [-0.2, 0) is 9.59 Å². The lowest BCUT2D eigenvalue weighted by atomic mass is 9.75. The Balaban J connectivity index is 1.61. The minimum atomic E-state index is -0.228. The molecule has 3 atom stereocenters. The van der Waals surface area contributed by atoms with Gasteiger partial charge in [0, 0.05) is 17.5 Å². The number of carbonyl (C=O) groups is 2. The van der Waals surface area contributed by atoms with Gasteiger partial charge in [-0.2, -0.15) is 0 Å². The van der Waals surface area contributed by atoms with Crippen molar-refractivity contribution in [2.24, 2.45) is 17.8 Å². The summed E-state index contributed by atoms with van der Waals surface area (Å²) in [6, 6.07) is 16.8. The molecule has 3 unspecified atom stereocenters. The molecule has 25 heavy (non-hydrogen) atoms. The van der Waals surface area contributed by atoms with Gasteiger partial charge in [0.05, 0.1) is 0 Å². The third-order valence-electron chi connectivity index (χ3n) is 4.77. The number of aldehydes is 1. The van der Waals surface area contributed by atoms with Gasteiger partial charge in [-0.3, -0.25) is 4.79 Å². The van der Waals surface area contributed by atoms with Crippen LogP contribution in [0.4, 0.5) is 5.69 Å². The highest BCUT2D eigenvalue weighted by atomic mass is 16.5. The van der Waals surface area contributed by atoms with Crippen molar-refractivity contribution in [3.05, 3.63) is 54.6 Å². The van der Waals surface area contributed by atoms with Crippen LogP contribution in [0.1, 0.15) is 26.2 Å². The van der Waals surface area contributed by atoms with Crippen molar-refractivity contribution >= 4 is 17.9 Å². The second-order valence-electron chi connectivity index (χ2n) is 6.75. The predicted molar refractivity (Wildman–Crippen MR) is 97.6 cm³/mol. The molecule has 1 fully saturated rings. The van der Waals surface area contributed by atoms with Crippen LogP contribution in [0.2, 0.25) is 0 Å². The first-order valence-electron chi connectivity index (χ1n) is 8.75. The summed E-state index contributed by atoms with van der Waals surface area (Å²) in [6.45, 7) is 2.14. The summed E-state index contributed by atoms with van der Waals surface area (Å²) in [6.07, 6.45) is 3.50. The Kier molecular flexibility index (Phi) is 5.49. The third kappa shape index (κ3) is 4.47. The molecule has 0 aliphatic heterocycles. The van der Waals surface area contributed by atoms with Crippen LogP contribution in [0.3, 0.4) is 0 Å². The normalized spacial score (nSPS) is 22.8. The fraction of sp³-hybridized carbons (Fsp3) is 0.333. The first kappa shape index (κ1) is 17.2.